The van der Waals surface area contributed by atoms with Crippen molar-refractivity contribution < 1.29 is 29.3 Å². The highest BCUT2D eigenvalue weighted by molar-refractivity contribution is 5.98. The second-order valence-electron chi connectivity index (χ2n) is 8.56. The molecule has 150 valence electrons. The molecule has 2 bridgehead atoms. The summed E-state index contributed by atoms with van der Waals surface area (Å²) in [6, 6.07) is -0.935. The number of likely N-dealkylation sites (tertiary alicyclic amines) is 1. The molecule has 0 aromatic heterocycles. The normalized spacial score (nSPS) is 34.7. The van der Waals surface area contributed by atoms with Crippen molar-refractivity contribution in [3.63, 3.8) is 0 Å². The highest BCUT2D eigenvalue weighted by atomic mass is 16.5. The fourth-order valence-electron chi connectivity index (χ4n) is 5.03. The smallest absolute Gasteiger partial charge is 0.310 e. The summed E-state index contributed by atoms with van der Waals surface area (Å²) in [4.78, 5) is 41.5. The summed E-state index contributed by atoms with van der Waals surface area (Å²) in [5.41, 5.74) is -1.65. The van der Waals surface area contributed by atoms with Crippen LogP contribution < -0.4 is 0 Å². The molecule has 0 aromatic rings. The summed E-state index contributed by atoms with van der Waals surface area (Å²) in [6.45, 7) is 9.36. The van der Waals surface area contributed by atoms with Gasteiger partial charge in [-0.3, -0.25) is 14.4 Å². The number of hydrogen-bond acceptors (Lipinski definition) is 5. The lowest BCUT2D eigenvalue weighted by Gasteiger charge is -2.41. The summed E-state index contributed by atoms with van der Waals surface area (Å²) in [5, 5.41) is 19.1. The Labute approximate surface area is 158 Å². The monoisotopic (exact) mass is 380 g/mol. The number of nitrogens with zero attached hydrogens (tertiary/aromatic N) is 2. The molecule has 27 heavy (non-hydrogen) atoms. The van der Waals surface area contributed by atoms with Crippen molar-refractivity contribution in [1.82, 2.24) is 9.80 Å². The molecule has 1 spiro atoms. The first-order chi connectivity index (χ1) is 12.6. The van der Waals surface area contributed by atoms with E-state index < -0.39 is 47.0 Å². The summed E-state index contributed by atoms with van der Waals surface area (Å²) < 4.78 is 6.08. The molecular formula is C19H28N2O6. The Bertz CT molecular complexity index is 672. The lowest BCUT2D eigenvalue weighted by atomic mass is 9.70. The molecule has 3 saturated heterocycles. The van der Waals surface area contributed by atoms with Crippen LogP contribution in [0.1, 0.15) is 33.6 Å². The van der Waals surface area contributed by atoms with Gasteiger partial charge in [-0.1, -0.05) is 6.08 Å². The minimum absolute atomic E-state index is 0.0278. The third-order valence-corrected chi connectivity index (χ3v) is 6.05. The summed E-state index contributed by atoms with van der Waals surface area (Å²) in [7, 11) is 0. The maximum Gasteiger partial charge on any atom is 0.310 e. The Hall–Kier alpha value is -1.93. The van der Waals surface area contributed by atoms with Gasteiger partial charge in [-0.15, -0.1) is 6.58 Å². The Kier molecular flexibility index (Phi) is 4.84. The molecular weight excluding hydrogens is 352 g/mol. The van der Waals surface area contributed by atoms with E-state index in [-0.39, 0.29) is 19.1 Å². The van der Waals surface area contributed by atoms with Gasteiger partial charge in [0.05, 0.1) is 24.5 Å². The molecule has 3 rings (SSSR count). The van der Waals surface area contributed by atoms with Gasteiger partial charge in [0.15, 0.2) is 0 Å². The number of carboxylic acid groups (broad SMARTS) is 1. The van der Waals surface area contributed by atoms with Crippen LogP contribution >= 0.6 is 0 Å². The van der Waals surface area contributed by atoms with E-state index in [9.17, 15) is 24.6 Å². The van der Waals surface area contributed by atoms with Gasteiger partial charge in [-0.05, 0) is 33.6 Å². The Morgan fingerprint density at radius 2 is 2.11 bits per heavy atom. The average Bonchev–Trinajstić information content (AvgIpc) is 3.19. The van der Waals surface area contributed by atoms with Gasteiger partial charge in [0.2, 0.25) is 11.8 Å². The van der Waals surface area contributed by atoms with E-state index in [1.807, 2.05) is 20.8 Å². The molecule has 3 aliphatic rings. The SMILES string of the molecule is C=CCN(C(=O)C1N(CCO)C(=O)[C@@H]2[C@@H](C(=O)O)[C@H]3CCC12O3)C(C)(C)C. The summed E-state index contributed by atoms with van der Waals surface area (Å²) in [5.74, 6) is -3.62. The van der Waals surface area contributed by atoms with Gasteiger partial charge < -0.3 is 24.7 Å². The van der Waals surface area contributed by atoms with E-state index in [4.69, 9.17) is 4.74 Å². The van der Waals surface area contributed by atoms with Gasteiger partial charge in [0, 0.05) is 18.6 Å². The number of rotatable bonds is 6. The number of fused-ring (bicyclic) bond motifs is 1. The number of aliphatic hydroxyl groups excluding tert-OH is 1. The zero-order valence-electron chi connectivity index (χ0n) is 16.1. The van der Waals surface area contributed by atoms with E-state index >= 15 is 0 Å². The van der Waals surface area contributed by atoms with Crippen molar-refractivity contribution in [1.29, 1.82) is 0 Å². The van der Waals surface area contributed by atoms with Crippen molar-refractivity contribution in [3.05, 3.63) is 12.7 Å². The Morgan fingerprint density at radius 3 is 2.63 bits per heavy atom. The summed E-state index contributed by atoms with van der Waals surface area (Å²) in [6.07, 6.45) is 2.04. The van der Waals surface area contributed by atoms with E-state index in [0.717, 1.165) is 0 Å². The first-order valence-corrected chi connectivity index (χ1v) is 9.34. The number of aliphatic carboxylic acids is 1. The van der Waals surface area contributed by atoms with Gasteiger partial charge in [0.25, 0.3) is 0 Å². The molecule has 3 heterocycles. The highest BCUT2D eigenvalue weighted by Gasteiger charge is 2.74. The van der Waals surface area contributed by atoms with Crippen LogP contribution in [0.4, 0.5) is 0 Å². The third-order valence-electron chi connectivity index (χ3n) is 6.05. The van der Waals surface area contributed by atoms with Crippen molar-refractivity contribution in [2.24, 2.45) is 11.8 Å². The first kappa shape index (κ1) is 19.8. The van der Waals surface area contributed by atoms with Crippen molar-refractivity contribution in [3.8, 4) is 0 Å². The van der Waals surface area contributed by atoms with Crippen LogP contribution in [0.5, 0.6) is 0 Å². The van der Waals surface area contributed by atoms with Crippen LogP contribution in [0.15, 0.2) is 12.7 Å². The molecule has 2 unspecified atom stereocenters. The number of carbonyl (C=O) groups is 3. The topological polar surface area (TPSA) is 107 Å². The van der Waals surface area contributed by atoms with E-state index in [1.165, 1.54) is 4.90 Å². The molecule has 5 atom stereocenters. The van der Waals surface area contributed by atoms with Gasteiger partial charge in [-0.25, -0.2) is 0 Å². The molecule has 0 saturated carbocycles. The standard InChI is InChI=1S/C19H28N2O6/c1-5-8-21(18(2,3)4)16(24)14-19-7-6-11(27-19)12(17(25)26)13(19)15(23)20(14)9-10-22/h5,11-14,22H,1,6-10H2,2-4H3,(H,25,26)/t11-,12+,13+,14?,19?/m1/s1. The van der Waals surface area contributed by atoms with E-state index in [0.29, 0.717) is 19.4 Å². The molecule has 8 heteroatoms. The Morgan fingerprint density at radius 1 is 1.44 bits per heavy atom. The molecule has 8 nitrogen and oxygen atoms in total. The lowest BCUT2D eigenvalue weighted by Crippen LogP contribution is -2.60. The van der Waals surface area contributed by atoms with E-state index in [1.54, 1.807) is 11.0 Å². The average molecular weight is 380 g/mol. The van der Waals surface area contributed by atoms with Crippen LogP contribution in [0, 0.1) is 11.8 Å². The highest BCUT2D eigenvalue weighted by Crippen LogP contribution is 2.58. The number of carbonyl (C=O) groups excluding carboxylic acids is 2. The second-order valence-corrected chi connectivity index (χ2v) is 8.56. The van der Waals surface area contributed by atoms with Crippen LogP contribution in [0.25, 0.3) is 0 Å². The van der Waals surface area contributed by atoms with Gasteiger partial charge >= 0.3 is 5.97 Å². The van der Waals surface area contributed by atoms with Crippen LogP contribution in [0.3, 0.4) is 0 Å². The quantitative estimate of drug-likeness (QED) is 0.640. The molecule has 3 fully saturated rings. The van der Waals surface area contributed by atoms with Crippen LogP contribution in [-0.2, 0) is 19.1 Å². The maximum absolute atomic E-state index is 13.6. The third kappa shape index (κ3) is 2.77. The van der Waals surface area contributed by atoms with E-state index in [2.05, 4.69) is 6.58 Å². The predicted molar refractivity (Wildman–Crippen MR) is 95.7 cm³/mol. The van der Waals surface area contributed by atoms with Crippen molar-refractivity contribution in [2.45, 2.75) is 56.9 Å². The number of ether oxygens (including phenoxy) is 1. The number of amides is 2. The minimum atomic E-state index is -1.14. The van der Waals surface area contributed by atoms with Crippen LogP contribution in [0.2, 0.25) is 0 Å². The molecule has 0 aromatic carbocycles. The number of aliphatic hydroxyl groups is 1. The number of carboxylic acids is 1. The fraction of sp³-hybridized carbons (Fsp3) is 0.737. The zero-order valence-corrected chi connectivity index (χ0v) is 16.1. The zero-order chi connectivity index (χ0) is 20.1. The first-order valence-electron chi connectivity index (χ1n) is 9.34. The lowest BCUT2D eigenvalue weighted by molar-refractivity contribution is -0.153. The van der Waals surface area contributed by atoms with Gasteiger partial charge in [0.1, 0.15) is 11.6 Å². The van der Waals surface area contributed by atoms with Crippen LogP contribution in [-0.4, -0.2) is 80.8 Å². The fourth-order valence-corrected chi connectivity index (χ4v) is 5.03. The molecule has 0 radical (unpaired) electrons. The second kappa shape index (κ2) is 6.60. The molecule has 3 aliphatic heterocycles. The number of hydrogen-bond donors (Lipinski definition) is 2. The van der Waals surface area contributed by atoms with Crippen molar-refractivity contribution in [2.75, 3.05) is 19.7 Å². The molecule has 0 aliphatic carbocycles. The summed E-state index contributed by atoms with van der Waals surface area (Å²) >= 11 is 0. The molecule has 2 amide bonds. The Balaban J connectivity index is 2.06. The largest absolute Gasteiger partial charge is 0.481 e. The van der Waals surface area contributed by atoms with Crippen molar-refractivity contribution >= 4 is 17.8 Å². The minimum Gasteiger partial charge on any atom is -0.481 e. The maximum atomic E-state index is 13.6. The predicted octanol–water partition coefficient (Wildman–Crippen LogP) is 0.251. The van der Waals surface area contributed by atoms with Gasteiger partial charge in [-0.2, -0.15) is 0 Å². The number of β-amino-alcohol motifs (C(OH)–C–C–N with tert-alkyl or cyclic N) is 1. The molecule has 2 N–H and O–H groups in total.